The van der Waals surface area contributed by atoms with Crippen molar-refractivity contribution in [2.45, 2.75) is 12.4 Å². The van der Waals surface area contributed by atoms with E-state index in [9.17, 15) is 31.1 Å². The molecule has 0 saturated carbocycles. The first-order valence-electron chi connectivity index (χ1n) is 6.09. The third-order valence-corrected chi connectivity index (χ3v) is 3.34. The van der Waals surface area contributed by atoms with Crippen molar-refractivity contribution in [1.82, 2.24) is 0 Å². The van der Waals surface area contributed by atoms with Gasteiger partial charge >= 0.3 is 12.4 Å². The second-order valence-electron chi connectivity index (χ2n) is 4.60. The average molecular weight is 353 g/mol. The van der Waals surface area contributed by atoms with Gasteiger partial charge in [0.25, 0.3) is 0 Å². The maximum absolute atomic E-state index is 12.8. The molecule has 0 fully saturated rings. The van der Waals surface area contributed by atoms with Crippen molar-refractivity contribution < 1.29 is 31.1 Å². The number of alkyl halides is 6. The molecular weight excluding hydrogens is 346 g/mol. The number of ketones is 1. The van der Waals surface area contributed by atoms with E-state index in [2.05, 4.69) is 0 Å². The molecule has 0 amide bonds. The van der Waals surface area contributed by atoms with Crippen molar-refractivity contribution in [3.05, 3.63) is 69.7 Å². The molecule has 2 aromatic rings. The molecule has 0 radical (unpaired) electrons. The summed E-state index contributed by atoms with van der Waals surface area (Å²) in [5, 5.41) is -0.568. The summed E-state index contributed by atoms with van der Waals surface area (Å²) in [5.74, 6) is -0.833. The highest BCUT2D eigenvalue weighted by Gasteiger charge is 2.34. The van der Waals surface area contributed by atoms with Gasteiger partial charge in [0.15, 0.2) is 5.78 Å². The van der Waals surface area contributed by atoms with E-state index in [-0.39, 0.29) is 11.1 Å². The predicted octanol–water partition coefficient (Wildman–Crippen LogP) is 5.61. The van der Waals surface area contributed by atoms with Crippen LogP contribution in [0.5, 0.6) is 0 Å². The second kappa shape index (κ2) is 5.88. The molecule has 1 nitrogen and oxygen atoms in total. The van der Waals surface area contributed by atoms with Gasteiger partial charge in [0.05, 0.1) is 16.1 Å². The molecule has 0 N–H and O–H groups in total. The summed E-state index contributed by atoms with van der Waals surface area (Å²) >= 11 is 5.45. The number of hydrogen-bond donors (Lipinski definition) is 0. The molecular formula is C15H7ClF6O. The minimum atomic E-state index is -4.74. The Morgan fingerprint density at radius 1 is 0.783 bits per heavy atom. The Morgan fingerprint density at radius 3 is 1.78 bits per heavy atom. The van der Waals surface area contributed by atoms with Crippen molar-refractivity contribution >= 4 is 17.4 Å². The molecule has 0 aliphatic carbocycles. The zero-order valence-corrected chi connectivity index (χ0v) is 11.9. The van der Waals surface area contributed by atoms with Gasteiger partial charge in [0.1, 0.15) is 0 Å². The van der Waals surface area contributed by atoms with Gasteiger partial charge in [-0.1, -0.05) is 23.7 Å². The highest BCUT2D eigenvalue weighted by Crippen LogP contribution is 2.35. The maximum atomic E-state index is 12.8. The Kier molecular flexibility index (Phi) is 4.43. The Morgan fingerprint density at radius 2 is 1.30 bits per heavy atom. The Bertz CT molecular complexity index is 731. The van der Waals surface area contributed by atoms with E-state index in [1.165, 1.54) is 0 Å². The first-order chi connectivity index (χ1) is 10.5. The molecule has 0 atom stereocenters. The molecule has 8 heteroatoms. The summed E-state index contributed by atoms with van der Waals surface area (Å²) in [7, 11) is 0. The lowest BCUT2D eigenvalue weighted by Gasteiger charge is -2.11. The van der Waals surface area contributed by atoms with Crippen molar-refractivity contribution in [3.63, 3.8) is 0 Å². The van der Waals surface area contributed by atoms with E-state index >= 15 is 0 Å². The lowest BCUT2D eigenvalue weighted by atomic mass is 10.00. The predicted molar refractivity (Wildman–Crippen MR) is 71.3 cm³/mol. The molecule has 122 valence electrons. The van der Waals surface area contributed by atoms with Crippen molar-refractivity contribution in [2.75, 3.05) is 0 Å². The molecule has 0 aliphatic rings. The van der Waals surface area contributed by atoms with Gasteiger partial charge in [-0.3, -0.25) is 4.79 Å². The molecule has 2 rings (SSSR count). The summed E-state index contributed by atoms with van der Waals surface area (Å²) in [5.41, 5.74) is -2.62. The minimum absolute atomic E-state index is 0.159. The molecule has 0 unspecified atom stereocenters. The van der Waals surface area contributed by atoms with Crippen LogP contribution >= 0.6 is 11.6 Å². The highest BCUT2D eigenvalue weighted by atomic mass is 35.5. The van der Waals surface area contributed by atoms with Gasteiger partial charge in [-0.15, -0.1) is 0 Å². The molecule has 2 aromatic carbocycles. The van der Waals surface area contributed by atoms with Crippen LogP contribution in [-0.4, -0.2) is 5.78 Å². The van der Waals surface area contributed by atoms with Gasteiger partial charge in [0.2, 0.25) is 0 Å². The van der Waals surface area contributed by atoms with Crippen LogP contribution < -0.4 is 0 Å². The third-order valence-electron chi connectivity index (χ3n) is 3.01. The number of halogens is 7. The summed E-state index contributed by atoms with van der Waals surface area (Å²) in [6.07, 6.45) is -9.31. The number of rotatable bonds is 2. The summed E-state index contributed by atoms with van der Waals surface area (Å²) in [6, 6.07) is 5.77. The largest absolute Gasteiger partial charge is 0.417 e. The van der Waals surface area contributed by atoms with Gasteiger partial charge < -0.3 is 0 Å². The molecule has 0 bridgehead atoms. The number of hydrogen-bond acceptors (Lipinski definition) is 1. The van der Waals surface area contributed by atoms with E-state index in [1.807, 2.05) is 0 Å². The number of carbonyl (C=O) groups excluding carboxylic acids is 1. The normalized spacial score (nSPS) is 12.3. The Hall–Kier alpha value is -2.02. The monoisotopic (exact) mass is 352 g/mol. The molecule has 0 spiro atoms. The third kappa shape index (κ3) is 3.85. The molecule has 0 aromatic heterocycles. The number of carbonyl (C=O) groups is 1. The van der Waals surface area contributed by atoms with Crippen LogP contribution in [0, 0.1) is 0 Å². The molecule has 0 saturated heterocycles. The standard InChI is InChI=1S/C15H7ClF6O/c16-12-6-3-9(7-11(12)15(20,21)22)13(23)8-1-4-10(5-2-8)14(17,18)19/h1-7H. The fourth-order valence-corrected chi connectivity index (χ4v) is 2.09. The Labute approximate surface area is 131 Å². The van der Waals surface area contributed by atoms with E-state index in [0.717, 1.165) is 24.3 Å². The van der Waals surface area contributed by atoms with E-state index in [4.69, 9.17) is 11.6 Å². The van der Waals surface area contributed by atoms with Gasteiger partial charge in [-0.25, -0.2) is 0 Å². The lowest BCUT2D eigenvalue weighted by molar-refractivity contribution is -0.138. The zero-order valence-electron chi connectivity index (χ0n) is 11.1. The number of benzene rings is 2. The topological polar surface area (TPSA) is 17.1 Å². The second-order valence-corrected chi connectivity index (χ2v) is 5.00. The summed E-state index contributed by atoms with van der Waals surface area (Å²) in [4.78, 5) is 12.1. The Balaban J connectivity index is 2.38. The van der Waals surface area contributed by atoms with Crippen LogP contribution in [0.3, 0.4) is 0 Å². The minimum Gasteiger partial charge on any atom is -0.289 e. The van der Waals surface area contributed by atoms with Crippen molar-refractivity contribution in [3.8, 4) is 0 Å². The van der Waals surface area contributed by atoms with E-state index < -0.39 is 34.3 Å². The fourth-order valence-electron chi connectivity index (χ4n) is 1.86. The first kappa shape index (κ1) is 17.3. The lowest BCUT2D eigenvalue weighted by Crippen LogP contribution is -2.10. The molecule has 23 heavy (non-hydrogen) atoms. The van der Waals surface area contributed by atoms with E-state index in [0.29, 0.717) is 18.2 Å². The van der Waals surface area contributed by atoms with Crippen LogP contribution in [0.15, 0.2) is 42.5 Å². The van der Waals surface area contributed by atoms with Crippen molar-refractivity contribution in [1.29, 1.82) is 0 Å². The van der Waals surface area contributed by atoms with Gasteiger partial charge in [-0.2, -0.15) is 26.3 Å². The molecule has 0 aliphatic heterocycles. The van der Waals surface area contributed by atoms with Crippen LogP contribution in [0.2, 0.25) is 5.02 Å². The van der Waals surface area contributed by atoms with Crippen LogP contribution in [-0.2, 0) is 12.4 Å². The van der Waals surface area contributed by atoms with Gasteiger partial charge in [-0.05, 0) is 30.3 Å². The summed E-state index contributed by atoms with van der Waals surface area (Å²) < 4.78 is 75.6. The SMILES string of the molecule is O=C(c1ccc(C(F)(F)F)cc1)c1ccc(Cl)c(C(F)(F)F)c1. The fraction of sp³-hybridized carbons (Fsp3) is 0.133. The van der Waals surface area contributed by atoms with Gasteiger partial charge in [0, 0.05) is 11.1 Å². The quantitative estimate of drug-likeness (QED) is 0.507. The van der Waals surface area contributed by atoms with E-state index in [1.54, 1.807) is 0 Å². The van der Waals surface area contributed by atoms with Crippen LogP contribution in [0.1, 0.15) is 27.0 Å². The highest BCUT2D eigenvalue weighted by molar-refractivity contribution is 6.31. The first-order valence-corrected chi connectivity index (χ1v) is 6.46. The molecule has 0 heterocycles. The smallest absolute Gasteiger partial charge is 0.289 e. The van der Waals surface area contributed by atoms with Crippen LogP contribution in [0.4, 0.5) is 26.3 Å². The maximum Gasteiger partial charge on any atom is 0.417 e. The summed E-state index contributed by atoms with van der Waals surface area (Å²) in [6.45, 7) is 0. The van der Waals surface area contributed by atoms with Crippen molar-refractivity contribution in [2.24, 2.45) is 0 Å². The average Bonchev–Trinajstić information content (AvgIpc) is 2.45. The van der Waals surface area contributed by atoms with Crippen LogP contribution in [0.25, 0.3) is 0 Å². The zero-order chi connectivity index (χ0) is 17.4.